The van der Waals surface area contributed by atoms with E-state index in [9.17, 15) is 9.59 Å². The first-order chi connectivity index (χ1) is 10.3. The quantitative estimate of drug-likeness (QED) is 0.662. The number of hydrogen-bond acceptors (Lipinski definition) is 4. The van der Waals surface area contributed by atoms with Crippen LogP contribution in [0.3, 0.4) is 0 Å². The molecule has 0 bridgehead atoms. The molecule has 1 unspecified atom stereocenters. The van der Waals surface area contributed by atoms with Gasteiger partial charge in [0.15, 0.2) is 0 Å². The number of ether oxygens (including phenoxy) is 2. The molecule has 5 nitrogen and oxygen atoms in total. The van der Waals surface area contributed by atoms with Gasteiger partial charge in [-0.1, -0.05) is 18.2 Å². The number of carbonyl (C=O) groups is 2. The number of amides is 1. The summed E-state index contributed by atoms with van der Waals surface area (Å²) in [5.41, 5.74) is 0.740. The monoisotopic (exact) mass is 305 g/mol. The highest BCUT2D eigenvalue weighted by Crippen LogP contribution is 2.24. The first-order valence-electron chi connectivity index (χ1n) is 7.05. The molecule has 1 N–H and O–H groups in total. The van der Waals surface area contributed by atoms with E-state index in [1.165, 1.54) is 7.11 Å². The van der Waals surface area contributed by atoms with Gasteiger partial charge < -0.3 is 9.47 Å². The number of carbonyl (C=O) groups excluding carboxylic acids is 2. The van der Waals surface area contributed by atoms with Crippen molar-refractivity contribution in [3.8, 4) is 0 Å². The van der Waals surface area contributed by atoms with Crippen molar-refractivity contribution in [2.45, 2.75) is 38.7 Å². The van der Waals surface area contributed by atoms with Crippen molar-refractivity contribution in [2.75, 3.05) is 12.4 Å². The number of anilines is 1. The van der Waals surface area contributed by atoms with Gasteiger partial charge in [0.25, 0.3) is 0 Å². The van der Waals surface area contributed by atoms with Crippen LogP contribution in [0.25, 0.3) is 0 Å². The molecule has 0 radical (unpaired) electrons. The fourth-order valence-corrected chi connectivity index (χ4v) is 1.93. The third kappa shape index (κ3) is 5.60. The molecule has 0 fully saturated rings. The molecule has 1 rings (SSSR count). The summed E-state index contributed by atoms with van der Waals surface area (Å²) < 4.78 is 10.0. The largest absolute Gasteiger partial charge is 0.469 e. The smallest absolute Gasteiger partial charge is 0.412 e. The summed E-state index contributed by atoms with van der Waals surface area (Å²) in [4.78, 5) is 23.6. The predicted octanol–water partition coefficient (Wildman–Crippen LogP) is 3.87. The topological polar surface area (TPSA) is 64.6 Å². The average Bonchev–Trinajstić information content (AvgIpc) is 2.42. The van der Waals surface area contributed by atoms with Gasteiger partial charge in [-0.15, -0.1) is 6.58 Å². The van der Waals surface area contributed by atoms with Crippen molar-refractivity contribution in [2.24, 2.45) is 0 Å². The van der Waals surface area contributed by atoms with Gasteiger partial charge in [0.2, 0.25) is 0 Å². The molecule has 5 heteroatoms. The molecule has 1 amide bonds. The Hall–Kier alpha value is -2.30. The Morgan fingerprint density at radius 3 is 2.59 bits per heavy atom. The second kappa shape index (κ2) is 7.64. The Bertz CT molecular complexity index is 546. The van der Waals surface area contributed by atoms with Crippen LogP contribution < -0.4 is 5.32 Å². The molecule has 1 aromatic rings. The van der Waals surface area contributed by atoms with E-state index in [4.69, 9.17) is 9.47 Å². The molecule has 22 heavy (non-hydrogen) atoms. The van der Waals surface area contributed by atoms with Gasteiger partial charge in [0, 0.05) is 5.69 Å². The van der Waals surface area contributed by atoms with Gasteiger partial charge >= 0.3 is 12.1 Å². The molecule has 0 saturated heterocycles. The summed E-state index contributed by atoms with van der Waals surface area (Å²) in [7, 11) is 1.35. The SMILES string of the molecule is C=CCC(C(=O)OC)c1cccc(NC(=O)OC(C)(C)C)c1. The summed E-state index contributed by atoms with van der Waals surface area (Å²) in [6, 6.07) is 7.04. The fraction of sp³-hybridized carbons (Fsp3) is 0.412. The van der Waals surface area contributed by atoms with E-state index < -0.39 is 17.6 Å². The first kappa shape index (κ1) is 17.8. The average molecular weight is 305 g/mol. The van der Waals surface area contributed by atoms with E-state index in [2.05, 4.69) is 11.9 Å². The summed E-state index contributed by atoms with van der Waals surface area (Å²) in [5.74, 6) is -0.780. The molecule has 0 saturated carbocycles. The highest BCUT2D eigenvalue weighted by molar-refractivity contribution is 5.85. The summed E-state index contributed by atoms with van der Waals surface area (Å²) in [5, 5.41) is 2.65. The molecule has 0 heterocycles. The Labute approximate surface area is 131 Å². The first-order valence-corrected chi connectivity index (χ1v) is 7.05. The molecular formula is C17H23NO4. The van der Waals surface area contributed by atoms with Crippen LogP contribution in [0, 0.1) is 0 Å². The Balaban J connectivity index is 2.90. The van der Waals surface area contributed by atoms with Crippen molar-refractivity contribution in [3.05, 3.63) is 42.5 Å². The minimum atomic E-state index is -0.570. The molecule has 0 aliphatic rings. The van der Waals surface area contributed by atoms with Crippen LogP contribution in [0.5, 0.6) is 0 Å². The molecule has 0 aromatic heterocycles. The van der Waals surface area contributed by atoms with Gasteiger partial charge in [-0.2, -0.15) is 0 Å². The van der Waals surface area contributed by atoms with E-state index >= 15 is 0 Å². The molecule has 1 atom stereocenters. The van der Waals surface area contributed by atoms with E-state index in [0.29, 0.717) is 12.1 Å². The van der Waals surface area contributed by atoms with Crippen molar-refractivity contribution in [1.29, 1.82) is 0 Å². The van der Waals surface area contributed by atoms with Crippen LogP contribution in [-0.2, 0) is 14.3 Å². The zero-order valence-electron chi connectivity index (χ0n) is 13.5. The molecule has 0 aliphatic heterocycles. The fourth-order valence-electron chi connectivity index (χ4n) is 1.93. The van der Waals surface area contributed by atoms with Gasteiger partial charge in [-0.05, 0) is 44.9 Å². The minimum Gasteiger partial charge on any atom is -0.469 e. The standard InChI is InChI=1S/C17H23NO4/c1-6-8-14(15(19)21-5)12-9-7-10-13(11-12)18-16(20)22-17(2,3)4/h6-7,9-11,14H,1,8H2,2-5H3,(H,18,20). The highest BCUT2D eigenvalue weighted by Gasteiger charge is 2.21. The van der Waals surface area contributed by atoms with E-state index in [-0.39, 0.29) is 5.97 Å². The predicted molar refractivity (Wildman–Crippen MR) is 85.9 cm³/mol. The van der Waals surface area contributed by atoms with Gasteiger partial charge in [-0.3, -0.25) is 10.1 Å². The molecule has 120 valence electrons. The molecule has 1 aromatic carbocycles. The number of allylic oxidation sites excluding steroid dienone is 1. The van der Waals surface area contributed by atoms with Gasteiger partial charge in [0.1, 0.15) is 5.60 Å². The number of rotatable bonds is 5. The number of benzene rings is 1. The van der Waals surface area contributed by atoms with Crippen LogP contribution in [0.15, 0.2) is 36.9 Å². The van der Waals surface area contributed by atoms with Crippen LogP contribution >= 0.6 is 0 Å². The van der Waals surface area contributed by atoms with E-state index in [1.807, 2.05) is 6.07 Å². The maximum absolute atomic E-state index is 11.8. The zero-order chi connectivity index (χ0) is 16.8. The Morgan fingerprint density at radius 1 is 1.36 bits per heavy atom. The van der Waals surface area contributed by atoms with Crippen molar-refractivity contribution in [1.82, 2.24) is 0 Å². The number of nitrogens with one attached hydrogen (secondary N) is 1. The maximum atomic E-state index is 11.8. The molecule has 0 spiro atoms. The third-order valence-corrected chi connectivity index (χ3v) is 2.82. The van der Waals surface area contributed by atoms with Crippen LogP contribution in [0.2, 0.25) is 0 Å². The summed E-state index contributed by atoms with van der Waals surface area (Å²) >= 11 is 0. The normalized spacial score (nSPS) is 12.2. The minimum absolute atomic E-state index is 0.339. The van der Waals surface area contributed by atoms with Gasteiger partial charge in [0.05, 0.1) is 13.0 Å². The lowest BCUT2D eigenvalue weighted by molar-refractivity contribution is -0.142. The van der Waals surface area contributed by atoms with Gasteiger partial charge in [-0.25, -0.2) is 4.79 Å². The van der Waals surface area contributed by atoms with Crippen LogP contribution in [0.4, 0.5) is 10.5 Å². The zero-order valence-corrected chi connectivity index (χ0v) is 13.5. The second-order valence-corrected chi connectivity index (χ2v) is 5.85. The lowest BCUT2D eigenvalue weighted by atomic mass is 9.95. The van der Waals surface area contributed by atoms with E-state index in [1.54, 1.807) is 45.0 Å². The van der Waals surface area contributed by atoms with E-state index in [0.717, 1.165) is 5.56 Å². The Kier molecular flexibility index (Phi) is 6.16. The third-order valence-electron chi connectivity index (χ3n) is 2.82. The summed E-state index contributed by atoms with van der Waals surface area (Å²) in [6.07, 6.45) is 1.58. The van der Waals surface area contributed by atoms with Crippen LogP contribution in [-0.4, -0.2) is 24.8 Å². The van der Waals surface area contributed by atoms with Crippen molar-refractivity contribution >= 4 is 17.7 Å². The van der Waals surface area contributed by atoms with Crippen LogP contribution in [0.1, 0.15) is 38.7 Å². The van der Waals surface area contributed by atoms with Crippen molar-refractivity contribution in [3.63, 3.8) is 0 Å². The number of hydrogen-bond donors (Lipinski definition) is 1. The lowest BCUT2D eigenvalue weighted by Gasteiger charge is -2.20. The summed E-state index contributed by atoms with van der Waals surface area (Å²) in [6.45, 7) is 9.03. The van der Waals surface area contributed by atoms with Crippen molar-refractivity contribution < 1.29 is 19.1 Å². The Morgan fingerprint density at radius 2 is 2.05 bits per heavy atom. The second-order valence-electron chi connectivity index (χ2n) is 5.85. The highest BCUT2D eigenvalue weighted by atomic mass is 16.6. The number of methoxy groups -OCH3 is 1. The molecular weight excluding hydrogens is 282 g/mol. The molecule has 0 aliphatic carbocycles. The lowest BCUT2D eigenvalue weighted by Crippen LogP contribution is -2.27. The number of esters is 1. The maximum Gasteiger partial charge on any atom is 0.412 e.